The van der Waals surface area contributed by atoms with E-state index in [0.717, 1.165) is 33.3 Å². The average Bonchev–Trinajstić information content (AvgIpc) is 3.49. The van der Waals surface area contributed by atoms with Gasteiger partial charge in [-0.25, -0.2) is 9.78 Å². The van der Waals surface area contributed by atoms with Crippen molar-refractivity contribution >= 4 is 57.9 Å². The van der Waals surface area contributed by atoms with E-state index < -0.39 is 5.97 Å². The number of hydrogen-bond donors (Lipinski definition) is 2. The average molecular weight is 553 g/mol. The summed E-state index contributed by atoms with van der Waals surface area (Å²) in [7, 11) is 0. The van der Waals surface area contributed by atoms with Crippen LogP contribution in [0.2, 0.25) is 5.02 Å². The molecule has 0 radical (unpaired) electrons. The number of halogens is 1. The van der Waals surface area contributed by atoms with Crippen molar-refractivity contribution in [2.75, 3.05) is 0 Å². The van der Waals surface area contributed by atoms with E-state index in [1.807, 2.05) is 90.3 Å². The van der Waals surface area contributed by atoms with Crippen LogP contribution < -0.4 is 5.32 Å². The highest BCUT2D eigenvalue weighted by molar-refractivity contribution is 7.12. The number of aryl methyl sites for hydroxylation is 1. The van der Waals surface area contributed by atoms with Crippen LogP contribution >= 0.6 is 22.9 Å². The zero-order valence-electron chi connectivity index (χ0n) is 20.9. The number of carbonyl (C=O) groups is 2. The molecule has 0 spiro atoms. The highest BCUT2D eigenvalue weighted by atomic mass is 35.5. The number of aromatic nitrogens is 1. The number of aromatic carboxylic acids is 1. The topological polar surface area (TPSA) is 79.3 Å². The summed E-state index contributed by atoms with van der Waals surface area (Å²) in [6.07, 6.45) is 4.98. The summed E-state index contributed by atoms with van der Waals surface area (Å²) >= 11 is 7.52. The van der Waals surface area contributed by atoms with Gasteiger partial charge in [-0.2, -0.15) is 0 Å². The van der Waals surface area contributed by atoms with Crippen molar-refractivity contribution in [1.82, 2.24) is 10.3 Å². The number of benzene rings is 3. The molecule has 0 saturated heterocycles. The van der Waals surface area contributed by atoms with E-state index in [1.165, 1.54) is 11.3 Å². The number of hydrogen-bond acceptors (Lipinski definition) is 4. The van der Waals surface area contributed by atoms with Gasteiger partial charge in [-0.15, -0.1) is 11.3 Å². The maximum absolute atomic E-state index is 13.0. The molecule has 1 unspecified atom stereocenters. The molecule has 0 aliphatic rings. The predicted molar refractivity (Wildman–Crippen MR) is 158 cm³/mol. The molecule has 0 saturated carbocycles. The molecule has 5 rings (SSSR count). The summed E-state index contributed by atoms with van der Waals surface area (Å²) < 4.78 is 0. The lowest BCUT2D eigenvalue weighted by molar-refractivity contribution is 0.0695. The fourth-order valence-corrected chi connectivity index (χ4v) is 5.26. The number of fused-ring (bicyclic) bond motifs is 1. The summed E-state index contributed by atoms with van der Waals surface area (Å²) in [5, 5.41) is 16.3. The van der Waals surface area contributed by atoms with Crippen molar-refractivity contribution in [2.45, 2.75) is 18.9 Å². The Balaban J connectivity index is 1.40. The third kappa shape index (κ3) is 6.60. The van der Waals surface area contributed by atoms with Gasteiger partial charge in [0.25, 0.3) is 5.91 Å². The number of nitrogens with zero attached hydrogens (tertiary/aromatic N) is 1. The van der Waals surface area contributed by atoms with E-state index in [4.69, 9.17) is 11.6 Å². The van der Waals surface area contributed by atoms with E-state index in [2.05, 4.69) is 10.3 Å². The van der Waals surface area contributed by atoms with Gasteiger partial charge >= 0.3 is 5.97 Å². The number of rotatable bonds is 9. The van der Waals surface area contributed by atoms with Gasteiger partial charge in [0.1, 0.15) is 0 Å². The third-order valence-electron chi connectivity index (χ3n) is 6.44. The molecular weight excluding hydrogens is 528 g/mol. The number of carboxylic acid groups (broad SMARTS) is 1. The first-order valence-electron chi connectivity index (χ1n) is 12.5. The fourth-order valence-electron chi connectivity index (χ4n) is 4.47. The Morgan fingerprint density at radius 1 is 0.949 bits per heavy atom. The van der Waals surface area contributed by atoms with Gasteiger partial charge < -0.3 is 10.4 Å². The minimum atomic E-state index is -0.957. The fraction of sp³-hybridized carbons (Fsp3) is 0.0938. The Morgan fingerprint density at radius 2 is 1.79 bits per heavy atom. The van der Waals surface area contributed by atoms with Crippen LogP contribution in [-0.2, 0) is 6.42 Å². The number of amides is 1. The highest BCUT2D eigenvalue weighted by Crippen LogP contribution is 2.25. The smallest absolute Gasteiger partial charge is 0.335 e. The molecule has 39 heavy (non-hydrogen) atoms. The van der Waals surface area contributed by atoms with Crippen molar-refractivity contribution in [3.63, 3.8) is 0 Å². The van der Waals surface area contributed by atoms with E-state index in [0.29, 0.717) is 22.7 Å². The lowest BCUT2D eigenvalue weighted by atomic mass is 9.95. The number of carboxylic acids is 1. The summed E-state index contributed by atoms with van der Waals surface area (Å²) in [5.41, 5.74) is 4.55. The van der Waals surface area contributed by atoms with Gasteiger partial charge in [-0.1, -0.05) is 72.3 Å². The van der Waals surface area contributed by atoms with Gasteiger partial charge in [-0.05, 0) is 77.4 Å². The zero-order valence-corrected chi connectivity index (χ0v) is 22.5. The summed E-state index contributed by atoms with van der Waals surface area (Å²) in [5.74, 6) is -1.11. The first kappa shape index (κ1) is 26.4. The van der Waals surface area contributed by atoms with Crippen LogP contribution in [-0.4, -0.2) is 22.0 Å². The monoisotopic (exact) mass is 552 g/mol. The zero-order chi connectivity index (χ0) is 27.2. The van der Waals surface area contributed by atoms with Crippen LogP contribution in [0.25, 0.3) is 23.1 Å². The SMILES string of the molecule is O=C(NC(CCc1ccccc1C(=O)O)c1cccc(/C=C/c2ccc3ccc(Cl)cc3n2)c1)c1cccs1. The molecule has 0 aliphatic carbocycles. The summed E-state index contributed by atoms with van der Waals surface area (Å²) in [6, 6.07) is 27.9. The van der Waals surface area contributed by atoms with E-state index in [-0.39, 0.29) is 17.5 Å². The first-order valence-corrected chi connectivity index (χ1v) is 13.7. The van der Waals surface area contributed by atoms with Crippen LogP contribution in [0, 0.1) is 0 Å². The normalized spacial score (nSPS) is 12.0. The molecule has 194 valence electrons. The molecule has 5 nitrogen and oxygen atoms in total. The van der Waals surface area contributed by atoms with E-state index >= 15 is 0 Å². The highest BCUT2D eigenvalue weighted by Gasteiger charge is 2.18. The lowest BCUT2D eigenvalue weighted by Crippen LogP contribution is -2.28. The molecule has 1 amide bonds. The molecule has 2 N–H and O–H groups in total. The van der Waals surface area contributed by atoms with Gasteiger partial charge in [-0.3, -0.25) is 4.79 Å². The summed E-state index contributed by atoms with van der Waals surface area (Å²) in [4.78, 5) is 30.0. The van der Waals surface area contributed by atoms with E-state index in [9.17, 15) is 14.7 Å². The molecule has 0 aliphatic heterocycles. The molecule has 3 aromatic carbocycles. The maximum atomic E-state index is 13.0. The van der Waals surface area contributed by atoms with Crippen LogP contribution in [0.5, 0.6) is 0 Å². The number of carbonyl (C=O) groups excluding carboxylic acids is 1. The Labute approximate surface area is 235 Å². The molecule has 0 bridgehead atoms. The number of pyridine rings is 1. The number of thiophene rings is 1. The van der Waals surface area contributed by atoms with Gasteiger partial charge in [0.15, 0.2) is 0 Å². The third-order valence-corrected chi connectivity index (χ3v) is 7.54. The Kier molecular flexibility index (Phi) is 8.16. The van der Waals surface area contributed by atoms with Crippen molar-refractivity contribution in [3.05, 3.63) is 134 Å². The van der Waals surface area contributed by atoms with Crippen LogP contribution in [0.4, 0.5) is 0 Å². The molecular formula is C32H25ClN2O3S. The first-order chi connectivity index (χ1) is 19.0. The van der Waals surface area contributed by atoms with Crippen LogP contribution in [0.3, 0.4) is 0 Å². The Bertz CT molecular complexity index is 1660. The van der Waals surface area contributed by atoms with Crippen molar-refractivity contribution < 1.29 is 14.7 Å². The van der Waals surface area contributed by atoms with Crippen molar-refractivity contribution in [2.24, 2.45) is 0 Å². The minimum Gasteiger partial charge on any atom is -0.478 e. The van der Waals surface area contributed by atoms with Gasteiger partial charge in [0.2, 0.25) is 0 Å². The second-order valence-corrected chi connectivity index (χ2v) is 10.5. The quantitative estimate of drug-likeness (QED) is 0.195. The largest absolute Gasteiger partial charge is 0.478 e. The Morgan fingerprint density at radius 3 is 2.62 bits per heavy atom. The Hall–Kier alpha value is -4.26. The van der Waals surface area contributed by atoms with Crippen molar-refractivity contribution in [1.29, 1.82) is 0 Å². The molecule has 2 heterocycles. The van der Waals surface area contributed by atoms with Crippen molar-refractivity contribution in [3.8, 4) is 0 Å². The molecule has 7 heteroatoms. The summed E-state index contributed by atoms with van der Waals surface area (Å²) in [6.45, 7) is 0. The van der Waals surface area contributed by atoms with Crippen LogP contribution in [0.15, 0.2) is 96.4 Å². The number of nitrogens with one attached hydrogen (secondary N) is 1. The van der Waals surface area contributed by atoms with Gasteiger partial charge in [0, 0.05) is 10.4 Å². The molecule has 2 aromatic heterocycles. The molecule has 1 atom stereocenters. The second-order valence-electron chi connectivity index (χ2n) is 9.08. The van der Waals surface area contributed by atoms with E-state index in [1.54, 1.807) is 18.2 Å². The lowest BCUT2D eigenvalue weighted by Gasteiger charge is -2.20. The minimum absolute atomic E-state index is 0.151. The standard InChI is InChI=1S/C32H25ClN2O3S/c33-25-14-11-23-12-16-26(34-29(23)20-25)15-10-21-5-3-7-24(19-21)28(35-31(36)30-9-4-18-39-30)17-13-22-6-1-2-8-27(22)32(37)38/h1-12,14-16,18-20,28H,13,17H2,(H,35,36)(H,37,38)/b15-10+. The molecule has 5 aromatic rings. The molecule has 0 fully saturated rings. The van der Waals surface area contributed by atoms with Gasteiger partial charge in [0.05, 0.1) is 27.7 Å². The maximum Gasteiger partial charge on any atom is 0.335 e. The second kappa shape index (κ2) is 12.1. The predicted octanol–water partition coefficient (Wildman–Crippen LogP) is 7.92. The van der Waals surface area contributed by atoms with Crippen LogP contribution in [0.1, 0.15) is 54.9 Å².